The zero-order valence-corrected chi connectivity index (χ0v) is 13.9. The number of carbonyl (C=O) groups excluding carboxylic acids is 1. The first-order chi connectivity index (χ1) is 11.8. The van der Waals surface area contributed by atoms with Crippen molar-refractivity contribution in [1.82, 2.24) is 20.5 Å². The third-order valence-corrected chi connectivity index (χ3v) is 4.26. The van der Waals surface area contributed by atoms with Gasteiger partial charge in [-0.25, -0.2) is 4.98 Å². The number of carbonyl (C=O) groups is 1. The Hall–Kier alpha value is -2.80. The molecule has 3 aromatic rings. The maximum atomic E-state index is 12.0. The Kier molecular flexibility index (Phi) is 5.12. The Morgan fingerprint density at radius 1 is 1.17 bits per heavy atom. The van der Waals surface area contributed by atoms with Crippen LogP contribution in [0.3, 0.4) is 0 Å². The second kappa shape index (κ2) is 7.65. The molecule has 0 aliphatic heterocycles. The molecule has 0 saturated carbocycles. The Morgan fingerprint density at radius 2 is 2.00 bits per heavy atom. The number of aromatic nitrogens is 3. The summed E-state index contributed by atoms with van der Waals surface area (Å²) < 4.78 is 4.91. The van der Waals surface area contributed by atoms with Crippen molar-refractivity contribution in [3.8, 4) is 16.5 Å². The van der Waals surface area contributed by atoms with E-state index in [-0.39, 0.29) is 11.6 Å². The minimum Gasteiger partial charge on any atom is -0.480 e. The number of nitrogens with one attached hydrogen (secondary N) is 1. The van der Waals surface area contributed by atoms with Crippen molar-refractivity contribution in [2.24, 2.45) is 0 Å². The first-order valence-electron chi connectivity index (χ1n) is 7.42. The lowest BCUT2D eigenvalue weighted by Gasteiger charge is -2.03. The zero-order valence-electron chi connectivity index (χ0n) is 13.1. The van der Waals surface area contributed by atoms with Gasteiger partial charge < -0.3 is 10.1 Å². The molecule has 0 unspecified atom stereocenters. The minimum absolute atomic E-state index is 0.260. The molecule has 7 heteroatoms. The molecule has 0 saturated heterocycles. The molecule has 122 valence electrons. The van der Waals surface area contributed by atoms with Gasteiger partial charge >= 0.3 is 0 Å². The number of amides is 1. The maximum Gasteiger partial charge on any atom is 0.271 e. The average molecular weight is 340 g/mol. The third kappa shape index (κ3) is 3.94. The molecule has 0 aliphatic rings. The molecule has 1 N–H and O–H groups in total. The molecule has 0 atom stereocenters. The second-order valence-electron chi connectivity index (χ2n) is 4.98. The van der Waals surface area contributed by atoms with Gasteiger partial charge in [-0.2, -0.15) is 0 Å². The van der Waals surface area contributed by atoms with Gasteiger partial charge in [0, 0.05) is 30.0 Å². The van der Waals surface area contributed by atoms with Crippen LogP contribution in [0.25, 0.3) is 10.6 Å². The number of hydrogen-bond donors (Lipinski definition) is 1. The molecule has 1 aromatic carbocycles. The van der Waals surface area contributed by atoms with E-state index in [1.54, 1.807) is 23.5 Å². The van der Waals surface area contributed by atoms with E-state index in [1.807, 2.05) is 35.7 Å². The van der Waals surface area contributed by atoms with Crippen LogP contribution < -0.4 is 10.1 Å². The van der Waals surface area contributed by atoms with Crippen LogP contribution >= 0.6 is 11.3 Å². The quantitative estimate of drug-likeness (QED) is 0.746. The molecule has 2 heterocycles. The third-order valence-electron chi connectivity index (χ3n) is 3.32. The molecule has 2 aromatic heterocycles. The molecule has 0 bridgehead atoms. The summed E-state index contributed by atoms with van der Waals surface area (Å²) in [5.41, 5.74) is 2.32. The SMILES string of the molecule is COc1ccc(C(=O)NCCc2csc(-c3ccccc3)n2)nn1. The van der Waals surface area contributed by atoms with E-state index >= 15 is 0 Å². The Labute approximate surface area is 143 Å². The maximum absolute atomic E-state index is 12.0. The standard InChI is InChI=1S/C17H16N4O2S/c1-23-15-8-7-14(20-21-15)16(22)18-10-9-13-11-24-17(19-13)12-5-3-2-4-6-12/h2-8,11H,9-10H2,1H3,(H,18,22). The van der Waals surface area contributed by atoms with Crippen LogP contribution in [0.1, 0.15) is 16.2 Å². The highest BCUT2D eigenvalue weighted by atomic mass is 32.1. The second-order valence-corrected chi connectivity index (χ2v) is 5.83. The van der Waals surface area contributed by atoms with E-state index in [0.717, 1.165) is 16.3 Å². The fraction of sp³-hybridized carbons (Fsp3) is 0.176. The average Bonchev–Trinajstić information content (AvgIpc) is 3.11. The highest BCUT2D eigenvalue weighted by Gasteiger charge is 2.09. The lowest BCUT2D eigenvalue weighted by molar-refractivity contribution is 0.0948. The van der Waals surface area contributed by atoms with Gasteiger partial charge in [0.2, 0.25) is 5.88 Å². The van der Waals surface area contributed by atoms with Crippen molar-refractivity contribution in [3.63, 3.8) is 0 Å². The number of rotatable bonds is 6. The van der Waals surface area contributed by atoms with Gasteiger partial charge in [-0.15, -0.1) is 21.5 Å². The van der Waals surface area contributed by atoms with Crippen molar-refractivity contribution in [2.75, 3.05) is 13.7 Å². The fourth-order valence-corrected chi connectivity index (χ4v) is 2.94. The highest BCUT2D eigenvalue weighted by molar-refractivity contribution is 7.13. The van der Waals surface area contributed by atoms with Gasteiger partial charge in [0.25, 0.3) is 5.91 Å². The van der Waals surface area contributed by atoms with Crippen molar-refractivity contribution < 1.29 is 9.53 Å². The summed E-state index contributed by atoms with van der Waals surface area (Å²) in [6, 6.07) is 13.2. The van der Waals surface area contributed by atoms with Crippen LogP contribution in [0, 0.1) is 0 Å². The van der Waals surface area contributed by atoms with Crippen LogP contribution in [0.2, 0.25) is 0 Å². The predicted molar refractivity (Wildman–Crippen MR) is 92.2 cm³/mol. The molecule has 0 aliphatic carbocycles. The monoisotopic (exact) mass is 340 g/mol. The van der Waals surface area contributed by atoms with E-state index < -0.39 is 0 Å². The molecule has 24 heavy (non-hydrogen) atoms. The minimum atomic E-state index is -0.260. The summed E-state index contributed by atoms with van der Waals surface area (Å²) in [5, 5.41) is 13.4. The fourth-order valence-electron chi connectivity index (χ4n) is 2.08. The topological polar surface area (TPSA) is 77.0 Å². The van der Waals surface area contributed by atoms with E-state index in [2.05, 4.69) is 20.5 Å². The van der Waals surface area contributed by atoms with Crippen LogP contribution in [0.15, 0.2) is 47.8 Å². The molecular formula is C17H16N4O2S. The number of hydrogen-bond acceptors (Lipinski definition) is 6. The molecular weight excluding hydrogens is 324 g/mol. The van der Waals surface area contributed by atoms with Crippen LogP contribution in [0.5, 0.6) is 5.88 Å². The smallest absolute Gasteiger partial charge is 0.271 e. The van der Waals surface area contributed by atoms with Gasteiger partial charge in [-0.05, 0) is 6.07 Å². The summed E-state index contributed by atoms with van der Waals surface area (Å²) in [7, 11) is 1.50. The van der Waals surface area contributed by atoms with E-state index in [1.165, 1.54) is 7.11 Å². The molecule has 0 radical (unpaired) electrons. The van der Waals surface area contributed by atoms with Crippen molar-refractivity contribution in [3.05, 3.63) is 59.2 Å². The van der Waals surface area contributed by atoms with E-state index in [4.69, 9.17) is 4.74 Å². The number of ether oxygens (including phenoxy) is 1. The number of nitrogens with zero attached hydrogens (tertiary/aromatic N) is 3. The molecule has 1 amide bonds. The number of thiazole rings is 1. The van der Waals surface area contributed by atoms with Crippen LogP contribution in [-0.2, 0) is 6.42 Å². The Balaban J connectivity index is 1.53. The summed E-state index contributed by atoms with van der Waals surface area (Å²) in [6.07, 6.45) is 0.665. The van der Waals surface area contributed by atoms with Crippen LogP contribution in [-0.4, -0.2) is 34.7 Å². The highest BCUT2D eigenvalue weighted by Crippen LogP contribution is 2.23. The summed E-state index contributed by atoms with van der Waals surface area (Å²) >= 11 is 1.60. The Morgan fingerprint density at radius 3 is 2.71 bits per heavy atom. The lowest BCUT2D eigenvalue weighted by Crippen LogP contribution is -2.26. The van der Waals surface area contributed by atoms with Crippen molar-refractivity contribution in [1.29, 1.82) is 0 Å². The molecule has 6 nitrogen and oxygen atoms in total. The van der Waals surface area contributed by atoms with Gasteiger partial charge in [0.15, 0.2) is 5.69 Å². The first-order valence-corrected chi connectivity index (χ1v) is 8.30. The van der Waals surface area contributed by atoms with Crippen molar-refractivity contribution in [2.45, 2.75) is 6.42 Å². The largest absolute Gasteiger partial charge is 0.480 e. The summed E-state index contributed by atoms with van der Waals surface area (Å²) in [5.74, 6) is 0.117. The molecule has 3 rings (SSSR count). The molecule has 0 fully saturated rings. The van der Waals surface area contributed by atoms with E-state index in [9.17, 15) is 4.79 Å². The molecule has 0 spiro atoms. The van der Waals surface area contributed by atoms with Crippen LogP contribution in [0.4, 0.5) is 0 Å². The van der Waals surface area contributed by atoms with Gasteiger partial charge in [0.05, 0.1) is 12.8 Å². The predicted octanol–water partition coefficient (Wildman–Crippen LogP) is 2.58. The number of benzene rings is 1. The Bertz CT molecular complexity index is 803. The zero-order chi connectivity index (χ0) is 16.8. The van der Waals surface area contributed by atoms with Gasteiger partial charge in [0.1, 0.15) is 5.01 Å². The number of methoxy groups -OCH3 is 1. The summed E-state index contributed by atoms with van der Waals surface area (Å²) in [4.78, 5) is 16.6. The normalized spacial score (nSPS) is 10.4. The summed E-state index contributed by atoms with van der Waals surface area (Å²) in [6.45, 7) is 0.491. The van der Waals surface area contributed by atoms with Crippen molar-refractivity contribution >= 4 is 17.2 Å². The van der Waals surface area contributed by atoms with E-state index in [0.29, 0.717) is 18.8 Å². The van der Waals surface area contributed by atoms with Gasteiger partial charge in [-0.3, -0.25) is 4.79 Å². The first kappa shape index (κ1) is 16.1. The lowest BCUT2D eigenvalue weighted by atomic mass is 10.2. The van der Waals surface area contributed by atoms with Gasteiger partial charge in [-0.1, -0.05) is 30.3 Å².